The molecule has 19 heavy (non-hydrogen) atoms. The number of rotatable bonds is 4. The van der Waals surface area contributed by atoms with Gasteiger partial charge in [0.15, 0.2) is 0 Å². The zero-order valence-electron chi connectivity index (χ0n) is 12.3. The first-order valence-electron chi connectivity index (χ1n) is 6.95. The predicted octanol–water partition coefficient (Wildman–Crippen LogP) is 1.44. The second-order valence-electron chi connectivity index (χ2n) is 6.23. The molecule has 2 heterocycles. The average molecular weight is 267 g/mol. The van der Waals surface area contributed by atoms with Gasteiger partial charge >= 0.3 is 0 Å². The molecule has 1 aromatic rings. The summed E-state index contributed by atoms with van der Waals surface area (Å²) in [6, 6.07) is 2.45. The number of aliphatic hydroxyl groups excluding tert-OH is 1. The van der Waals surface area contributed by atoms with E-state index in [9.17, 15) is 5.11 Å². The lowest BCUT2D eigenvalue weighted by Gasteiger charge is -2.42. The average Bonchev–Trinajstić information content (AvgIpc) is 2.75. The molecule has 1 unspecified atom stereocenters. The quantitative estimate of drug-likeness (QED) is 0.897. The monoisotopic (exact) mass is 267 g/mol. The fourth-order valence-corrected chi connectivity index (χ4v) is 2.61. The summed E-state index contributed by atoms with van der Waals surface area (Å²) in [5, 5.41) is 13.9. The summed E-state index contributed by atoms with van der Waals surface area (Å²) in [7, 11) is 0. The number of ether oxygens (including phenoxy) is 1. The smallest absolute Gasteiger partial charge is 0.0940 e. The molecule has 0 aromatic carbocycles. The minimum atomic E-state index is -0.216. The number of hydrogen-bond donors (Lipinski definition) is 1. The SMILES string of the molecule is CC(C)n1ccc(CN2CC(CO)OC(C)(C)C2)n1. The summed E-state index contributed by atoms with van der Waals surface area (Å²) < 4.78 is 7.79. The van der Waals surface area contributed by atoms with Crippen molar-refractivity contribution >= 4 is 0 Å². The van der Waals surface area contributed by atoms with Crippen LogP contribution in [-0.2, 0) is 11.3 Å². The van der Waals surface area contributed by atoms with Crippen molar-refractivity contribution in [1.29, 1.82) is 0 Å². The lowest BCUT2D eigenvalue weighted by Crippen LogP contribution is -2.53. The van der Waals surface area contributed by atoms with Gasteiger partial charge in [-0.1, -0.05) is 0 Å². The zero-order valence-corrected chi connectivity index (χ0v) is 12.3. The highest BCUT2D eigenvalue weighted by Crippen LogP contribution is 2.22. The van der Waals surface area contributed by atoms with Crippen molar-refractivity contribution in [3.05, 3.63) is 18.0 Å². The Morgan fingerprint density at radius 2 is 2.26 bits per heavy atom. The highest BCUT2D eigenvalue weighted by molar-refractivity contribution is 5.00. The Labute approximate surface area is 115 Å². The Morgan fingerprint density at radius 1 is 1.53 bits per heavy atom. The van der Waals surface area contributed by atoms with Crippen molar-refractivity contribution in [1.82, 2.24) is 14.7 Å². The third-order valence-corrected chi connectivity index (χ3v) is 3.33. The molecule has 0 radical (unpaired) electrons. The van der Waals surface area contributed by atoms with Crippen molar-refractivity contribution < 1.29 is 9.84 Å². The Balaban J connectivity index is 2.00. The van der Waals surface area contributed by atoms with Gasteiger partial charge in [0.1, 0.15) is 0 Å². The molecular weight excluding hydrogens is 242 g/mol. The van der Waals surface area contributed by atoms with Gasteiger partial charge in [0, 0.05) is 31.9 Å². The molecule has 1 saturated heterocycles. The van der Waals surface area contributed by atoms with E-state index >= 15 is 0 Å². The van der Waals surface area contributed by atoms with Gasteiger partial charge in [0.2, 0.25) is 0 Å². The van der Waals surface area contributed by atoms with Crippen LogP contribution in [0.4, 0.5) is 0 Å². The van der Waals surface area contributed by atoms with Crippen LogP contribution in [0.15, 0.2) is 12.3 Å². The van der Waals surface area contributed by atoms with Gasteiger partial charge in [-0.3, -0.25) is 9.58 Å². The van der Waals surface area contributed by atoms with Crippen LogP contribution >= 0.6 is 0 Å². The largest absolute Gasteiger partial charge is 0.394 e. The Bertz CT molecular complexity index is 415. The van der Waals surface area contributed by atoms with Crippen LogP contribution in [0, 0.1) is 0 Å². The summed E-state index contributed by atoms with van der Waals surface area (Å²) in [6.45, 7) is 10.9. The van der Waals surface area contributed by atoms with E-state index in [2.05, 4.69) is 43.8 Å². The Kier molecular flexibility index (Phi) is 4.28. The number of hydrogen-bond acceptors (Lipinski definition) is 4. The molecule has 1 aliphatic rings. The van der Waals surface area contributed by atoms with Gasteiger partial charge in [-0.15, -0.1) is 0 Å². The molecule has 5 heteroatoms. The van der Waals surface area contributed by atoms with Crippen LogP contribution < -0.4 is 0 Å². The molecule has 5 nitrogen and oxygen atoms in total. The van der Waals surface area contributed by atoms with E-state index in [1.165, 1.54) is 0 Å². The van der Waals surface area contributed by atoms with E-state index < -0.39 is 0 Å². The Hall–Kier alpha value is -0.910. The third-order valence-electron chi connectivity index (χ3n) is 3.33. The molecule has 1 aromatic heterocycles. The van der Waals surface area contributed by atoms with Gasteiger partial charge in [-0.2, -0.15) is 5.10 Å². The minimum Gasteiger partial charge on any atom is -0.394 e. The van der Waals surface area contributed by atoms with Crippen LogP contribution in [0.25, 0.3) is 0 Å². The third kappa shape index (κ3) is 3.78. The predicted molar refractivity (Wildman–Crippen MR) is 73.9 cm³/mol. The van der Waals surface area contributed by atoms with E-state index in [0.29, 0.717) is 6.04 Å². The normalized spacial score (nSPS) is 24.0. The molecule has 1 atom stereocenters. The number of nitrogens with zero attached hydrogens (tertiary/aromatic N) is 3. The summed E-state index contributed by atoms with van der Waals surface area (Å²) in [6.07, 6.45) is 1.92. The van der Waals surface area contributed by atoms with Crippen molar-refractivity contribution in [3.63, 3.8) is 0 Å². The molecule has 1 aliphatic heterocycles. The van der Waals surface area contributed by atoms with Gasteiger partial charge in [-0.25, -0.2) is 0 Å². The summed E-state index contributed by atoms with van der Waals surface area (Å²) >= 11 is 0. The van der Waals surface area contributed by atoms with E-state index in [1.54, 1.807) is 0 Å². The van der Waals surface area contributed by atoms with Gasteiger partial charge < -0.3 is 9.84 Å². The highest BCUT2D eigenvalue weighted by atomic mass is 16.5. The maximum atomic E-state index is 9.31. The van der Waals surface area contributed by atoms with E-state index in [1.807, 2.05) is 10.9 Å². The topological polar surface area (TPSA) is 50.5 Å². The van der Waals surface area contributed by atoms with Crippen LogP contribution in [0.2, 0.25) is 0 Å². The lowest BCUT2D eigenvalue weighted by atomic mass is 10.1. The number of aliphatic hydroxyl groups is 1. The van der Waals surface area contributed by atoms with Crippen LogP contribution in [-0.4, -0.2) is 51.2 Å². The molecule has 0 bridgehead atoms. The Morgan fingerprint density at radius 3 is 2.84 bits per heavy atom. The molecule has 0 saturated carbocycles. The first-order valence-corrected chi connectivity index (χ1v) is 6.95. The first-order chi connectivity index (χ1) is 8.89. The summed E-state index contributed by atoms with van der Waals surface area (Å²) in [4.78, 5) is 2.30. The highest BCUT2D eigenvalue weighted by Gasteiger charge is 2.33. The molecular formula is C14H25N3O2. The summed E-state index contributed by atoms with van der Waals surface area (Å²) in [5.41, 5.74) is 0.856. The standard InChI is InChI=1S/C14H25N3O2/c1-11(2)17-6-5-12(15-17)7-16-8-13(9-18)19-14(3,4)10-16/h5-6,11,13,18H,7-10H2,1-4H3. The molecule has 1 fully saturated rings. The van der Waals surface area contributed by atoms with Crippen molar-refractivity contribution in [2.75, 3.05) is 19.7 Å². The van der Waals surface area contributed by atoms with Crippen LogP contribution in [0.5, 0.6) is 0 Å². The van der Waals surface area contributed by atoms with E-state index in [0.717, 1.165) is 25.3 Å². The molecule has 108 valence electrons. The fraction of sp³-hybridized carbons (Fsp3) is 0.786. The number of aromatic nitrogens is 2. The maximum absolute atomic E-state index is 9.31. The molecule has 0 amide bonds. The molecule has 0 spiro atoms. The second kappa shape index (κ2) is 5.61. The maximum Gasteiger partial charge on any atom is 0.0940 e. The lowest BCUT2D eigenvalue weighted by molar-refractivity contribution is -0.150. The van der Waals surface area contributed by atoms with Crippen molar-refractivity contribution in [2.45, 2.75) is 52.0 Å². The first kappa shape index (κ1) is 14.5. The van der Waals surface area contributed by atoms with Crippen LogP contribution in [0.1, 0.15) is 39.4 Å². The zero-order chi connectivity index (χ0) is 14.0. The van der Waals surface area contributed by atoms with Gasteiger partial charge in [0.05, 0.1) is 24.0 Å². The van der Waals surface area contributed by atoms with Crippen molar-refractivity contribution in [3.8, 4) is 0 Å². The molecule has 0 aliphatic carbocycles. The van der Waals surface area contributed by atoms with Crippen molar-refractivity contribution in [2.24, 2.45) is 0 Å². The fourth-order valence-electron chi connectivity index (χ4n) is 2.61. The number of morpholine rings is 1. The summed E-state index contributed by atoms with van der Waals surface area (Å²) in [5.74, 6) is 0. The molecule has 2 rings (SSSR count). The minimum absolute atomic E-state index is 0.0698. The van der Waals surface area contributed by atoms with Crippen LogP contribution in [0.3, 0.4) is 0 Å². The second-order valence-corrected chi connectivity index (χ2v) is 6.23. The van der Waals surface area contributed by atoms with Gasteiger partial charge in [0.25, 0.3) is 0 Å². The molecule has 1 N–H and O–H groups in total. The van der Waals surface area contributed by atoms with E-state index in [-0.39, 0.29) is 18.3 Å². The van der Waals surface area contributed by atoms with E-state index in [4.69, 9.17) is 4.74 Å². The van der Waals surface area contributed by atoms with Gasteiger partial charge in [-0.05, 0) is 33.8 Å².